The van der Waals surface area contributed by atoms with Crippen molar-refractivity contribution < 1.29 is 4.74 Å². The SMILES string of the molecule is CCC=CCOc1ccc(-c2ccc(-c3ccc(CCC)s3)cc2)cc1. The summed E-state index contributed by atoms with van der Waals surface area (Å²) >= 11 is 1.90. The maximum Gasteiger partial charge on any atom is 0.119 e. The number of thiophene rings is 1. The van der Waals surface area contributed by atoms with Gasteiger partial charge in [-0.3, -0.25) is 0 Å². The average molecular weight is 363 g/mol. The molecule has 1 aromatic heterocycles. The van der Waals surface area contributed by atoms with Crippen LogP contribution in [0.25, 0.3) is 21.6 Å². The molecule has 2 aromatic carbocycles. The Kier molecular flexibility index (Phi) is 6.68. The predicted molar refractivity (Wildman–Crippen MR) is 114 cm³/mol. The quantitative estimate of drug-likeness (QED) is 0.380. The lowest BCUT2D eigenvalue weighted by Crippen LogP contribution is -1.92. The van der Waals surface area contributed by atoms with E-state index in [2.05, 4.69) is 74.5 Å². The molecule has 3 rings (SSSR count). The Labute approximate surface area is 161 Å². The molecule has 0 spiro atoms. The molecule has 2 heteroatoms. The van der Waals surface area contributed by atoms with Crippen LogP contribution in [0.1, 0.15) is 31.6 Å². The molecule has 0 atom stereocenters. The molecule has 1 nitrogen and oxygen atoms in total. The first-order chi connectivity index (χ1) is 12.8. The topological polar surface area (TPSA) is 9.23 Å². The highest BCUT2D eigenvalue weighted by atomic mass is 32.1. The summed E-state index contributed by atoms with van der Waals surface area (Å²) in [6.45, 7) is 4.98. The summed E-state index contributed by atoms with van der Waals surface area (Å²) in [7, 11) is 0. The van der Waals surface area contributed by atoms with Gasteiger partial charge in [-0.05, 0) is 53.8 Å². The van der Waals surface area contributed by atoms with E-state index < -0.39 is 0 Å². The molecule has 0 aliphatic heterocycles. The molecular formula is C24H26OS. The molecule has 0 saturated heterocycles. The zero-order valence-corrected chi connectivity index (χ0v) is 16.4. The van der Waals surface area contributed by atoms with Crippen LogP contribution in [0.4, 0.5) is 0 Å². The Bertz CT molecular complexity index is 825. The second-order valence-corrected chi connectivity index (χ2v) is 7.48. The Balaban J connectivity index is 1.66. The first-order valence-corrected chi connectivity index (χ1v) is 10.2. The molecule has 1 heterocycles. The van der Waals surface area contributed by atoms with E-state index in [1.54, 1.807) is 0 Å². The summed E-state index contributed by atoms with van der Waals surface area (Å²) in [4.78, 5) is 2.82. The molecule has 0 N–H and O–H groups in total. The van der Waals surface area contributed by atoms with Crippen molar-refractivity contribution in [2.24, 2.45) is 0 Å². The fraction of sp³-hybridized carbons (Fsp3) is 0.250. The lowest BCUT2D eigenvalue weighted by Gasteiger charge is -2.06. The second kappa shape index (κ2) is 9.40. The molecule has 0 amide bonds. The number of hydrogen-bond donors (Lipinski definition) is 0. The average Bonchev–Trinajstić information content (AvgIpc) is 3.15. The van der Waals surface area contributed by atoms with Crippen LogP contribution in [0.5, 0.6) is 5.75 Å². The lowest BCUT2D eigenvalue weighted by molar-refractivity contribution is 0.362. The minimum atomic E-state index is 0.628. The van der Waals surface area contributed by atoms with E-state index in [4.69, 9.17) is 4.74 Å². The van der Waals surface area contributed by atoms with E-state index in [9.17, 15) is 0 Å². The summed E-state index contributed by atoms with van der Waals surface area (Å²) in [6.07, 6.45) is 7.60. The van der Waals surface area contributed by atoms with Crippen LogP contribution in [0.3, 0.4) is 0 Å². The second-order valence-electron chi connectivity index (χ2n) is 6.31. The van der Waals surface area contributed by atoms with Crippen LogP contribution in [0.15, 0.2) is 72.8 Å². The molecule has 0 bridgehead atoms. The van der Waals surface area contributed by atoms with E-state index in [0.717, 1.165) is 12.2 Å². The van der Waals surface area contributed by atoms with Crippen molar-refractivity contribution in [1.29, 1.82) is 0 Å². The van der Waals surface area contributed by atoms with E-state index in [1.165, 1.54) is 39.3 Å². The van der Waals surface area contributed by atoms with Gasteiger partial charge in [0.05, 0.1) is 0 Å². The first kappa shape index (κ1) is 18.5. The first-order valence-electron chi connectivity index (χ1n) is 9.37. The summed E-state index contributed by atoms with van der Waals surface area (Å²) in [5, 5.41) is 0. The van der Waals surface area contributed by atoms with Crippen molar-refractivity contribution in [3.05, 3.63) is 77.7 Å². The normalized spacial score (nSPS) is 11.2. The Morgan fingerprint density at radius 3 is 2.08 bits per heavy atom. The van der Waals surface area contributed by atoms with Gasteiger partial charge in [0, 0.05) is 9.75 Å². The van der Waals surface area contributed by atoms with Crippen molar-refractivity contribution in [3.8, 4) is 27.3 Å². The molecule has 0 radical (unpaired) electrons. The fourth-order valence-corrected chi connectivity index (χ4v) is 3.98. The summed E-state index contributed by atoms with van der Waals surface area (Å²) in [6, 6.07) is 21.7. The zero-order chi connectivity index (χ0) is 18.2. The fourth-order valence-electron chi connectivity index (χ4n) is 2.86. The molecule has 3 aromatic rings. The Hall–Kier alpha value is -2.32. The number of rotatable bonds is 8. The van der Waals surface area contributed by atoms with Crippen molar-refractivity contribution in [2.75, 3.05) is 6.61 Å². The van der Waals surface area contributed by atoms with Gasteiger partial charge in [0.15, 0.2) is 0 Å². The molecule has 0 fully saturated rings. The summed E-state index contributed by atoms with van der Waals surface area (Å²) in [5.74, 6) is 0.910. The Morgan fingerprint density at radius 1 is 0.769 bits per heavy atom. The molecule has 26 heavy (non-hydrogen) atoms. The number of benzene rings is 2. The van der Waals surface area contributed by atoms with Crippen LogP contribution >= 0.6 is 11.3 Å². The van der Waals surface area contributed by atoms with Crippen molar-refractivity contribution >= 4 is 11.3 Å². The minimum Gasteiger partial charge on any atom is -0.490 e. The highest BCUT2D eigenvalue weighted by Gasteiger charge is 2.04. The highest BCUT2D eigenvalue weighted by Crippen LogP contribution is 2.31. The highest BCUT2D eigenvalue weighted by molar-refractivity contribution is 7.15. The van der Waals surface area contributed by atoms with Gasteiger partial charge in [0.1, 0.15) is 12.4 Å². The number of ether oxygens (including phenoxy) is 1. The van der Waals surface area contributed by atoms with Gasteiger partial charge in [-0.1, -0.05) is 68.8 Å². The van der Waals surface area contributed by atoms with Gasteiger partial charge >= 0.3 is 0 Å². The maximum atomic E-state index is 5.71. The van der Waals surface area contributed by atoms with Crippen molar-refractivity contribution in [1.82, 2.24) is 0 Å². The summed E-state index contributed by atoms with van der Waals surface area (Å²) < 4.78 is 5.71. The van der Waals surface area contributed by atoms with Crippen LogP contribution in [-0.2, 0) is 6.42 Å². The van der Waals surface area contributed by atoms with E-state index >= 15 is 0 Å². The van der Waals surface area contributed by atoms with Gasteiger partial charge in [-0.25, -0.2) is 0 Å². The third-order valence-electron chi connectivity index (χ3n) is 4.26. The van der Waals surface area contributed by atoms with E-state index in [-0.39, 0.29) is 0 Å². The molecule has 0 unspecified atom stereocenters. The number of aryl methyl sites for hydroxylation is 1. The van der Waals surface area contributed by atoms with Crippen LogP contribution in [0, 0.1) is 0 Å². The van der Waals surface area contributed by atoms with Gasteiger partial charge < -0.3 is 4.74 Å². The number of hydrogen-bond acceptors (Lipinski definition) is 2. The third-order valence-corrected chi connectivity index (χ3v) is 5.46. The molecule has 0 aliphatic carbocycles. The Morgan fingerprint density at radius 2 is 1.42 bits per heavy atom. The molecular weight excluding hydrogens is 336 g/mol. The van der Waals surface area contributed by atoms with Crippen LogP contribution in [-0.4, -0.2) is 6.61 Å². The van der Waals surface area contributed by atoms with Crippen LogP contribution in [0.2, 0.25) is 0 Å². The maximum absolute atomic E-state index is 5.71. The molecule has 134 valence electrons. The zero-order valence-electron chi connectivity index (χ0n) is 15.6. The monoisotopic (exact) mass is 362 g/mol. The van der Waals surface area contributed by atoms with Crippen molar-refractivity contribution in [3.63, 3.8) is 0 Å². The van der Waals surface area contributed by atoms with E-state index in [1.807, 2.05) is 23.5 Å². The molecule has 0 aliphatic rings. The van der Waals surface area contributed by atoms with Crippen LogP contribution < -0.4 is 4.74 Å². The predicted octanol–water partition coefficient (Wildman–Crippen LogP) is 7.38. The standard InChI is InChI=1S/C24H26OS/c1-3-5-6-18-25-22-14-12-20(13-15-22)19-8-10-21(11-9-19)24-17-16-23(26-24)7-4-2/h5-6,8-17H,3-4,7,18H2,1-2H3. The summed E-state index contributed by atoms with van der Waals surface area (Å²) in [5.41, 5.74) is 3.74. The smallest absolute Gasteiger partial charge is 0.119 e. The minimum absolute atomic E-state index is 0.628. The largest absolute Gasteiger partial charge is 0.490 e. The van der Waals surface area contributed by atoms with Gasteiger partial charge in [-0.15, -0.1) is 11.3 Å². The van der Waals surface area contributed by atoms with Gasteiger partial charge in [0.25, 0.3) is 0 Å². The number of allylic oxidation sites excluding steroid dienone is 1. The van der Waals surface area contributed by atoms with Gasteiger partial charge in [0.2, 0.25) is 0 Å². The lowest BCUT2D eigenvalue weighted by atomic mass is 10.0. The van der Waals surface area contributed by atoms with Gasteiger partial charge in [-0.2, -0.15) is 0 Å². The van der Waals surface area contributed by atoms with Crippen molar-refractivity contribution in [2.45, 2.75) is 33.1 Å². The third kappa shape index (κ3) is 4.86. The molecule has 0 saturated carbocycles. The van der Waals surface area contributed by atoms with E-state index in [0.29, 0.717) is 6.61 Å².